The number of imide groups is 1. The molecule has 9 rings (SSSR count). The van der Waals surface area contributed by atoms with E-state index < -0.39 is 29.3 Å². The summed E-state index contributed by atoms with van der Waals surface area (Å²) < 4.78 is 29.9. The molecule has 0 radical (unpaired) electrons. The van der Waals surface area contributed by atoms with Crippen molar-refractivity contribution in [2.45, 2.75) is 108 Å². The van der Waals surface area contributed by atoms with Gasteiger partial charge in [0.15, 0.2) is 18.2 Å². The molecule has 3 saturated heterocycles. The van der Waals surface area contributed by atoms with Crippen LogP contribution in [0.2, 0.25) is 5.02 Å². The summed E-state index contributed by atoms with van der Waals surface area (Å²) in [6.45, 7) is 6.06. The Morgan fingerprint density at radius 2 is 1.78 bits per heavy atom. The van der Waals surface area contributed by atoms with Crippen LogP contribution in [0, 0.1) is 5.82 Å². The molecule has 0 bridgehead atoms. The van der Waals surface area contributed by atoms with Crippen molar-refractivity contribution in [2.24, 2.45) is 0 Å². The van der Waals surface area contributed by atoms with Gasteiger partial charge in [0.25, 0.3) is 17.4 Å². The van der Waals surface area contributed by atoms with Gasteiger partial charge in [-0.15, -0.1) is 0 Å². The molecule has 17 nitrogen and oxygen atoms in total. The van der Waals surface area contributed by atoms with Crippen molar-refractivity contribution in [1.82, 2.24) is 35.0 Å². The third-order valence-corrected chi connectivity index (χ3v) is 13.9. The van der Waals surface area contributed by atoms with Crippen molar-refractivity contribution in [2.75, 3.05) is 50.1 Å². The van der Waals surface area contributed by atoms with Gasteiger partial charge in [-0.2, -0.15) is 4.98 Å². The molecule has 4 fully saturated rings. The van der Waals surface area contributed by atoms with E-state index in [1.807, 2.05) is 32.0 Å². The minimum atomic E-state index is -1.38. The number of hydrogen-bond acceptors (Lipinski definition) is 13. The van der Waals surface area contributed by atoms with Crippen molar-refractivity contribution in [3.63, 3.8) is 0 Å². The van der Waals surface area contributed by atoms with Gasteiger partial charge in [-0.3, -0.25) is 34.2 Å². The van der Waals surface area contributed by atoms with Crippen LogP contribution in [0.4, 0.5) is 21.8 Å². The summed E-state index contributed by atoms with van der Waals surface area (Å²) >= 11 is 6.59. The van der Waals surface area contributed by atoms with Crippen LogP contribution in [0.15, 0.2) is 47.4 Å². The first-order valence-electron chi connectivity index (χ1n) is 22.3. The Morgan fingerprint density at radius 1 is 1.03 bits per heavy atom. The molecule has 344 valence electrons. The number of likely N-dealkylation sites (N-methyl/N-ethyl adjacent to an activating group) is 1. The predicted octanol–water partition coefficient (Wildman–Crippen LogP) is 4.29. The zero-order valence-electron chi connectivity index (χ0n) is 36.6. The number of benzene rings is 2. The zero-order chi connectivity index (χ0) is 45.7. The van der Waals surface area contributed by atoms with Gasteiger partial charge in [-0.1, -0.05) is 17.7 Å². The van der Waals surface area contributed by atoms with Crippen molar-refractivity contribution >= 4 is 63.6 Å². The second-order valence-electron chi connectivity index (χ2n) is 18.0. The number of pyridine rings is 1. The van der Waals surface area contributed by atoms with E-state index in [1.165, 1.54) is 18.0 Å². The number of hydrogen-bond donors (Lipinski definition) is 4. The maximum absolute atomic E-state index is 16.1. The Morgan fingerprint density at radius 3 is 2.49 bits per heavy atom. The number of fused-ring (bicyclic) bond motifs is 2. The van der Waals surface area contributed by atoms with E-state index in [0.717, 1.165) is 36.6 Å². The van der Waals surface area contributed by atoms with Gasteiger partial charge >= 0.3 is 0 Å². The molecule has 4 aromatic rings. The molecule has 2 aromatic carbocycles. The van der Waals surface area contributed by atoms with E-state index in [9.17, 15) is 29.1 Å². The first-order chi connectivity index (χ1) is 31.2. The molecule has 4 N–H and O–H groups in total. The molecule has 1 atom stereocenters. The van der Waals surface area contributed by atoms with Gasteiger partial charge in [-0.05, 0) is 89.1 Å². The van der Waals surface area contributed by atoms with Crippen LogP contribution in [0.5, 0.6) is 5.75 Å². The lowest BCUT2D eigenvalue weighted by Gasteiger charge is -2.48. The van der Waals surface area contributed by atoms with Crippen molar-refractivity contribution < 1.29 is 38.1 Å². The van der Waals surface area contributed by atoms with Gasteiger partial charge < -0.3 is 39.6 Å². The Kier molecular flexibility index (Phi) is 12.3. The average Bonchev–Trinajstić information content (AvgIpc) is 3.61. The van der Waals surface area contributed by atoms with Gasteiger partial charge in [-0.25, -0.2) is 9.37 Å². The van der Waals surface area contributed by atoms with E-state index in [-0.39, 0.29) is 84.1 Å². The quantitative estimate of drug-likeness (QED) is 0.147. The molecule has 4 aliphatic heterocycles. The maximum Gasteiger partial charge on any atom is 0.293 e. The molecule has 4 amide bonds. The second-order valence-corrected chi connectivity index (χ2v) is 18.4. The van der Waals surface area contributed by atoms with Gasteiger partial charge in [0, 0.05) is 79.5 Å². The molecule has 65 heavy (non-hydrogen) atoms. The summed E-state index contributed by atoms with van der Waals surface area (Å²) in [5.41, 5.74) is 0.253. The maximum atomic E-state index is 16.1. The number of carbonyl (C=O) groups is 4. The van der Waals surface area contributed by atoms with E-state index in [1.54, 1.807) is 22.9 Å². The van der Waals surface area contributed by atoms with E-state index in [4.69, 9.17) is 26.1 Å². The van der Waals surface area contributed by atoms with Crippen molar-refractivity contribution in [1.29, 1.82) is 0 Å². The Hall–Kier alpha value is -5.69. The highest BCUT2D eigenvalue weighted by molar-refractivity contribution is 6.33. The number of carbonyl (C=O) groups excluding carboxylic acids is 4. The molecule has 1 aliphatic carbocycles. The summed E-state index contributed by atoms with van der Waals surface area (Å²) in [6, 6.07) is 9.59. The smallest absolute Gasteiger partial charge is 0.293 e. The lowest BCUT2D eigenvalue weighted by atomic mass is 9.80. The molecule has 0 spiro atoms. The summed E-state index contributed by atoms with van der Waals surface area (Å²) in [4.78, 5) is 77.5. The second kappa shape index (κ2) is 17.9. The molecule has 2 aromatic heterocycles. The van der Waals surface area contributed by atoms with Crippen molar-refractivity contribution in [3.8, 4) is 5.75 Å². The molecule has 6 heterocycles. The molecular formula is C46H53ClFN9O8. The summed E-state index contributed by atoms with van der Waals surface area (Å²) in [5.74, 6) is -1.27. The van der Waals surface area contributed by atoms with Crippen LogP contribution in [0.25, 0.3) is 10.9 Å². The SMILES string of the molecule is CNC(=O)COc1cc2cc(Nc3nc(N4CCC(OC5CC(N6CCC(O)(c7ccc8c(c7F)CN(C7CCC(=O)NC7=O)C8=O)CC6)C5)CC4)ncc3Cl)ccc2n(C(C)C)c1=O. The Balaban J connectivity index is 0.755. The highest BCUT2D eigenvalue weighted by Gasteiger charge is 2.45. The van der Waals surface area contributed by atoms with Crippen LogP contribution in [0.1, 0.15) is 92.7 Å². The fourth-order valence-corrected chi connectivity index (χ4v) is 10.0. The normalized spacial score (nSPS) is 22.5. The Labute approximate surface area is 379 Å². The molecule has 19 heteroatoms. The number of nitrogens with zero attached hydrogens (tertiary/aromatic N) is 6. The van der Waals surface area contributed by atoms with Crippen LogP contribution in [0.3, 0.4) is 0 Å². The predicted molar refractivity (Wildman–Crippen MR) is 239 cm³/mol. The lowest BCUT2D eigenvalue weighted by Crippen LogP contribution is -2.54. The summed E-state index contributed by atoms with van der Waals surface area (Å²) in [6.07, 6.45) is 6.19. The fourth-order valence-electron chi connectivity index (χ4n) is 9.87. The number of likely N-dealkylation sites (tertiary alicyclic amines) is 1. The van der Waals surface area contributed by atoms with Gasteiger partial charge in [0.05, 0.1) is 36.1 Å². The number of piperidine rings is 3. The molecule has 1 saturated carbocycles. The minimum absolute atomic E-state index is 0.0763. The molecular weight excluding hydrogens is 861 g/mol. The van der Waals surface area contributed by atoms with Gasteiger partial charge in [0.1, 0.15) is 16.9 Å². The van der Waals surface area contributed by atoms with Crippen LogP contribution < -0.4 is 31.1 Å². The number of aromatic nitrogens is 3. The number of amides is 4. The van der Waals surface area contributed by atoms with Crippen LogP contribution in [-0.4, -0.2) is 117 Å². The van der Waals surface area contributed by atoms with Crippen LogP contribution in [-0.2, 0) is 31.3 Å². The minimum Gasteiger partial charge on any atom is -0.478 e. The lowest BCUT2D eigenvalue weighted by molar-refractivity contribution is -0.137. The number of anilines is 3. The largest absolute Gasteiger partial charge is 0.478 e. The third kappa shape index (κ3) is 8.76. The topological polar surface area (TPSA) is 201 Å². The van der Waals surface area contributed by atoms with E-state index in [2.05, 4.69) is 30.7 Å². The fraction of sp³-hybridized carbons (Fsp3) is 0.500. The zero-order valence-corrected chi connectivity index (χ0v) is 37.3. The monoisotopic (exact) mass is 913 g/mol. The number of ether oxygens (including phenoxy) is 2. The van der Waals surface area contributed by atoms with E-state index >= 15 is 4.39 Å². The number of halogens is 2. The summed E-state index contributed by atoms with van der Waals surface area (Å²) in [5, 5.41) is 20.9. The highest BCUT2D eigenvalue weighted by atomic mass is 35.5. The first-order valence-corrected chi connectivity index (χ1v) is 22.7. The highest BCUT2D eigenvalue weighted by Crippen LogP contribution is 2.41. The summed E-state index contributed by atoms with van der Waals surface area (Å²) in [7, 11) is 1.50. The molecule has 5 aliphatic rings. The number of aliphatic hydroxyl groups is 1. The Bertz CT molecular complexity index is 2610. The van der Waals surface area contributed by atoms with E-state index in [0.29, 0.717) is 67.5 Å². The van der Waals surface area contributed by atoms with Gasteiger partial charge in [0.2, 0.25) is 17.8 Å². The standard InChI is InChI=1S/C46H53ClFN9O8/c1-25(2)57-35-7-4-27(18-26(35)19-37(44(57)62)64-24-39(59)49-3)51-41-34(47)22-50-45(53-41)55-14-10-29(11-15-55)65-30-20-28(21-30)54-16-12-46(63,13-17-54)33-6-5-31-32(40(33)48)23-56(43(31)61)36-8-9-38(58)52-42(36)60/h4-7,18-19,22,25,28-30,36,63H,8-17,20-21,23-24H2,1-3H3,(H,49,59)(H,50,51,53)(H,52,58,60). The van der Waals surface area contributed by atoms with Crippen molar-refractivity contribution in [3.05, 3.63) is 80.5 Å². The first kappa shape index (κ1) is 44.5. The number of rotatable bonds is 12. The molecule has 1 unspecified atom stereocenters. The number of nitrogens with one attached hydrogen (secondary N) is 3. The third-order valence-electron chi connectivity index (χ3n) is 13.6. The van der Waals surface area contributed by atoms with Crippen LogP contribution >= 0.6 is 11.6 Å². The average molecular weight is 914 g/mol.